The predicted molar refractivity (Wildman–Crippen MR) is 70.7 cm³/mol. The molecule has 0 aliphatic rings. The molecular formula is C12H9BrFN3O. The monoisotopic (exact) mass is 309 g/mol. The lowest BCUT2D eigenvalue weighted by atomic mass is 10.2. The van der Waals surface area contributed by atoms with Gasteiger partial charge >= 0.3 is 0 Å². The second-order valence-electron chi connectivity index (χ2n) is 3.52. The van der Waals surface area contributed by atoms with Crippen molar-refractivity contribution in [2.45, 2.75) is 0 Å². The molecule has 4 nitrogen and oxygen atoms in total. The first kappa shape index (κ1) is 12.5. The molecule has 3 N–H and O–H groups in total. The molecule has 0 fully saturated rings. The summed E-state index contributed by atoms with van der Waals surface area (Å²) in [7, 11) is 0. The first-order chi connectivity index (χ1) is 8.58. The average molecular weight is 310 g/mol. The Labute approximate surface area is 111 Å². The number of hydrogen-bond acceptors (Lipinski definition) is 3. The lowest BCUT2D eigenvalue weighted by Gasteiger charge is -2.08. The Hall–Kier alpha value is -1.95. The molecule has 0 saturated heterocycles. The summed E-state index contributed by atoms with van der Waals surface area (Å²) in [5.74, 6) is -0.929. The molecule has 0 unspecified atom stereocenters. The summed E-state index contributed by atoms with van der Waals surface area (Å²) in [5, 5.41) is 2.54. The van der Waals surface area contributed by atoms with Crippen LogP contribution in [-0.4, -0.2) is 10.9 Å². The highest BCUT2D eigenvalue weighted by molar-refractivity contribution is 9.10. The Bertz CT molecular complexity index is 604. The maximum atomic E-state index is 13.1. The molecule has 92 valence electrons. The first-order valence-electron chi connectivity index (χ1n) is 5.05. The number of halogens is 2. The zero-order valence-electron chi connectivity index (χ0n) is 9.15. The second kappa shape index (κ2) is 5.14. The largest absolute Gasteiger partial charge is 0.397 e. The third kappa shape index (κ3) is 2.65. The molecule has 18 heavy (non-hydrogen) atoms. The van der Waals surface area contributed by atoms with E-state index in [4.69, 9.17) is 5.73 Å². The molecule has 1 heterocycles. The third-order valence-electron chi connectivity index (χ3n) is 2.23. The molecule has 1 amide bonds. The van der Waals surface area contributed by atoms with E-state index >= 15 is 0 Å². The molecule has 1 aromatic carbocycles. The van der Waals surface area contributed by atoms with Gasteiger partial charge in [-0.05, 0) is 46.3 Å². The van der Waals surface area contributed by atoms with Gasteiger partial charge in [-0.25, -0.2) is 9.37 Å². The van der Waals surface area contributed by atoms with Crippen molar-refractivity contribution >= 4 is 33.2 Å². The fourth-order valence-corrected chi connectivity index (χ4v) is 1.73. The van der Waals surface area contributed by atoms with Gasteiger partial charge in [0, 0.05) is 10.7 Å². The topological polar surface area (TPSA) is 68.0 Å². The summed E-state index contributed by atoms with van der Waals surface area (Å²) in [6.45, 7) is 0. The summed E-state index contributed by atoms with van der Waals surface area (Å²) in [4.78, 5) is 15.8. The van der Waals surface area contributed by atoms with Gasteiger partial charge in [-0.1, -0.05) is 0 Å². The van der Waals surface area contributed by atoms with E-state index in [2.05, 4.69) is 26.2 Å². The van der Waals surface area contributed by atoms with Gasteiger partial charge in [0.05, 0.1) is 11.4 Å². The quantitative estimate of drug-likeness (QED) is 0.896. The van der Waals surface area contributed by atoms with Crippen molar-refractivity contribution < 1.29 is 9.18 Å². The third-order valence-corrected chi connectivity index (χ3v) is 2.92. The molecule has 0 atom stereocenters. The highest BCUT2D eigenvalue weighted by atomic mass is 79.9. The van der Waals surface area contributed by atoms with Crippen LogP contribution in [0.1, 0.15) is 10.5 Å². The number of nitrogens with one attached hydrogen (secondary N) is 1. The minimum absolute atomic E-state index is 0.105. The Morgan fingerprint density at radius 1 is 1.39 bits per heavy atom. The molecule has 2 rings (SSSR count). The van der Waals surface area contributed by atoms with Crippen LogP contribution in [0.3, 0.4) is 0 Å². The molecular weight excluding hydrogens is 301 g/mol. The fraction of sp³-hybridized carbons (Fsp3) is 0. The molecule has 0 aliphatic carbocycles. The summed E-state index contributed by atoms with van der Waals surface area (Å²) in [6, 6.07) is 7.20. The standard InChI is InChI=1S/C12H9BrFN3O/c13-8-4-3-7(14)6-10(8)17-12(18)11-9(15)2-1-5-16-11/h1-6H,15H2,(H,17,18). The number of nitrogen functional groups attached to an aromatic ring is 1. The molecule has 0 bridgehead atoms. The zero-order valence-corrected chi connectivity index (χ0v) is 10.7. The molecule has 0 aliphatic heterocycles. The normalized spacial score (nSPS) is 10.1. The van der Waals surface area contributed by atoms with Crippen molar-refractivity contribution in [2.24, 2.45) is 0 Å². The average Bonchev–Trinajstić information content (AvgIpc) is 2.34. The Morgan fingerprint density at radius 3 is 2.89 bits per heavy atom. The minimum Gasteiger partial charge on any atom is -0.397 e. The van der Waals surface area contributed by atoms with E-state index < -0.39 is 11.7 Å². The Balaban J connectivity index is 2.27. The molecule has 0 radical (unpaired) electrons. The highest BCUT2D eigenvalue weighted by Crippen LogP contribution is 2.23. The first-order valence-corrected chi connectivity index (χ1v) is 5.84. The van der Waals surface area contributed by atoms with Crippen LogP contribution in [-0.2, 0) is 0 Å². The van der Waals surface area contributed by atoms with Crippen molar-refractivity contribution in [3.63, 3.8) is 0 Å². The van der Waals surface area contributed by atoms with Gasteiger partial charge in [0.15, 0.2) is 5.69 Å². The maximum absolute atomic E-state index is 13.1. The number of rotatable bonds is 2. The van der Waals surface area contributed by atoms with Crippen molar-refractivity contribution in [2.75, 3.05) is 11.1 Å². The summed E-state index contributed by atoms with van der Waals surface area (Å²) in [5.41, 5.74) is 6.33. The predicted octanol–water partition coefficient (Wildman–Crippen LogP) is 2.82. The van der Waals surface area contributed by atoms with Gasteiger partial charge in [0.2, 0.25) is 0 Å². The number of pyridine rings is 1. The number of benzene rings is 1. The number of hydrogen-bond donors (Lipinski definition) is 2. The van der Waals surface area contributed by atoms with Crippen LogP contribution in [0.2, 0.25) is 0 Å². The van der Waals surface area contributed by atoms with Crippen LogP contribution in [0.5, 0.6) is 0 Å². The van der Waals surface area contributed by atoms with Crippen LogP contribution < -0.4 is 11.1 Å². The van der Waals surface area contributed by atoms with Gasteiger partial charge in [-0.3, -0.25) is 4.79 Å². The molecule has 0 saturated carbocycles. The van der Waals surface area contributed by atoms with E-state index in [0.717, 1.165) is 0 Å². The maximum Gasteiger partial charge on any atom is 0.276 e. The molecule has 2 aromatic rings. The van der Waals surface area contributed by atoms with Gasteiger partial charge in [0.25, 0.3) is 5.91 Å². The van der Waals surface area contributed by atoms with Gasteiger partial charge in [-0.15, -0.1) is 0 Å². The molecule has 0 spiro atoms. The number of carbonyl (C=O) groups excluding carboxylic acids is 1. The SMILES string of the molecule is Nc1cccnc1C(=O)Nc1cc(F)ccc1Br. The smallest absolute Gasteiger partial charge is 0.276 e. The van der Waals surface area contributed by atoms with Crippen LogP contribution in [0.15, 0.2) is 41.0 Å². The minimum atomic E-state index is -0.487. The molecule has 1 aromatic heterocycles. The number of nitrogens with zero attached hydrogens (tertiary/aromatic N) is 1. The number of anilines is 2. The van der Waals surface area contributed by atoms with Crippen LogP contribution in [0, 0.1) is 5.82 Å². The number of carbonyl (C=O) groups is 1. The fourth-order valence-electron chi connectivity index (χ4n) is 1.38. The van der Waals surface area contributed by atoms with E-state index in [9.17, 15) is 9.18 Å². The van der Waals surface area contributed by atoms with Crippen LogP contribution in [0.4, 0.5) is 15.8 Å². The highest BCUT2D eigenvalue weighted by Gasteiger charge is 2.12. The van der Waals surface area contributed by atoms with Crippen molar-refractivity contribution in [1.82, 2.24) is 4.98 Å². The van der Waals surface area contributed by atoms with Crippen LogP contribution in [0.25, 0.3) is 0 Å². The van der Waals surface area contributed by atoms with E-state index in [-0.39, 0.29) is 11.4 Å². The second-order valence-corrected chi connectivity index (χ2v) is 4.37. The number of aromatic nitrogens is 1. The summed E-state index contributed by atoms with van der Waals surface area (Å²) >= 11 is 3.22. The number of nitrogens with two attached hydrogens (primary N) is 1. The number of amides is 1. The zero-order chi connectivity index (χ0) is 13.1. The Kier molecular flexibility index (Phi) is 3.57. The van der Waals surface area contributed by atoms with E-state index in [0.29, 0.717) is 10.2 Å². The van der Waals surface area contributed by atoms with Crippen LogP contribution >= 0.6 is 15.9 Å². The van der Waals surface area contributed by atoms with E-state index in [1.165, 1.54) is 24.4 Å². The van der Waals surface area contributed by atoms with E-state index in [1.807, 2.05) is 0 Å². The lowest BCUT2D eigenvalue weighted by molar-refractivity contribution is 0.102. The lowest BCUT2D eigenvalue weighted by Crippen LogP contribution is -2.16. The van der Waals surface area contributed by atoms with E-state index in [1.54, 1.807) is 12.1 Å². The van der Waals surface area contributed by atoms with Crippen molar-refractivity contribution in [3.8, 4) is 0 Å². The van der Waals surface area contributed by atoms with Gasteiger partial charge in [-0.2, -0.15) is 0 Å². The summed E-state index contributed by atoms with van der Waals surface area (Å²) < 4.78 is 13.6. The van der Waals surface area contributed by atoms with Crippen molar-refractivity contribution in [3.05, 3.63) is 52.5 Å². The summed E-state index contributed by atoms with van der Waals surface area (Å²) in [6.07, 6.45) is 1.46. The Morgan fingerprint density at radius 2 is 2.17 bits per heavy atom. The van der Waals surface area contributed by atoms with Crippen molar-refractivity contribution in [1.29, 1.82) is 0 Å². The van der Waals surface area contributed by atoms with Gasteiger partial charge in [0.1, 0.15) is 5.82 Å². The van der Waals surface area contributed by atoms with Gasteiger partial charge < -0.3 is 11.1 Å². The molecule has 6 heteroatoms.